The summed E-state index contributed by atoms with van der Waals surface area (Å²) in [5.41, 5.74) is 0.459. The van der Waals surface area contributed by atoms with Crippen LogP contribution in [0.25, 0.3) is 6.08 Å². The zero-order chi connectivity index (χ0) is 13.7. The van der Waals surface area contributed by atoms with E-state index in [2.05, 4.69) is 0 Å². The maximum Gasteiger partial charge on any atom is 0.328 e. The Morgan fingerprint density at radius 2 is 1.89 bits per heavy atom. The lowest BCUT2D eigenvalue weighted by Crippen LogP contribution is -1.90. The van der Waals surface area contributed by atoms with Crippen molar-refractivity contribution in [3.8, 4) is 11.5 Å². The van der Waals surface area contributed by atoms with Gasteiger partial charge in [0.25, 0.3) is 0 Å². The van der Waals surface area contributed by atoms with Crippen LogP contribution in [-0.4, -0.2) is 11.1 Å². The second kappa shape index (κ2) is 5.82. The molecule has 0 bridgehead atoms. The third-order valence-electron chi connectivity index (χ3n) is 2.35. The predicted molar refractivity (Wildman–Crippen MR) is 69.6 cm³/mol. The monoisotopic (exact) mass is 258 g/mol. The zero-order valence-corrected chi connectivity index (χ0v) is 9.92. The number of para-hydroxylation sites is 1. The molecule has 2 aromatic carbocycles. The van der Waals surface area contributed by atoms with E-state index in [4.69, 9.17) is 9.84 Å². The van der Waals surface area contributed by atoms with Gasteiger partial charge in [-0.1, -0.05) is 24.3 Å². The first kappa shape index (κ1) is 12.8. The van der Waals surface area contributed by atoms with E-state index >= 15 is 0 Å². The number of carboxylic acid groups (broad SMARTS) is 1. The summed E-state index contributed by atoms with van der Waals surface area (Å²) in [5, 5.41) is 8.49. The van der Waals surface area contributed by atoms with Gasteiger partial charge in [-0.05, 0) is 35.9 Å². The molecule has 4 heteroatoms. The van der Waals surface area contributed by atoms with Gasteiger partial charge in [-0.2, -0.15) is 0 Å². The van der Waals surface area contributed by atoms with Crippen LogP contribution in [0.5, 0.6) is 11.5 Å². The molecule has 0 saturated heterocycles. The van der Waals surface area contributed by atoms with Crippen molar-refractivity contribution in [2.24, 2.45) is 0 Å². The van der Waals surface area contributed by atoms with Crippen LogP contribution in [0.3, 0.4) is 0 Å². The Labute approximate surface area is 109 Å². The SMILES string of the molecule is O=C(O)/C=C/c1ccc(Oc2ccccc2)c(F)c1. The van der Waals surface area contributed by atoms with Crippen molar-refractivity contribution in [3.63, 3.8) is 0 Å². The Morgan fingerprint density at radius 1 is 1.16 bits per heavy atom. The van der Waals surface area contributed by atoms with Crippen LogP contribution in [-0.2, 0) is 4.79 Å². The van der Waals surface area contributed by atoms with E-state index in [1.165, 1.54) is 18.2 Å². The second-order valence-corrected chi connectivity index (χ2v) is 3.78. The summed E-state index contributed by atoms with van der Waals surface area (Å²) in [6.45, 7) is 0. The van der Waals surface area contributed by atoms with Gasteiger partial charge in [-0.15, -0.1) is 0 Å². The molecule has 0 aliphatic rings. The third-order valence-corrected chi connectivity index (χ3v) is 2.35. The van der Waals surface area contributed by atoms with Crippen LogP contribution < -0.4 is 4.74 Å². The largest absolute Gasteiger partial charge is 0.478 e. The highest BCUT2D eigenvalue weighted by atomic mass is 19.1. The van der Waals surface area contributed by atoms with Gasteiger partial charge in [0, 0.05) is 6.08 Å². The van der Waals surface area contributed by atoms with Crippen molar-refractivity contribution in [1.82, 2.24) is 0 Å². The average molecular weight is 258 g/mol. The number of aliphatic carboxylic acids is 1. The highest BCUT2D eigenvalue weighted by Crippen LogP contribution is 2.25. The van der Waals surface area contributed by atoms with Gasteiger partial charge in [0.2, 0.25) is 0 Å². The number of halogens is 1. The molecule has 0 atom stereocenters. The highest BCUT2D eigenvalue weighted by molar-refractivity contribution is 5.85. The number of carbonyl (C=O) groups is 1. The minimum Gasteiger partial charge on any atom is -0.478 e. The summed E-state index contributed by atoms with van der Waals surface area (Å²) in [4.78, 5) is 10.4. The molecule has 0 aliphatic heterocycles. The van der Waals surface area contributed by atoms with Crippen molar-refractivity contribution in [1.29, 1.82) is 0 Å². The summed E-state index contributed by atoms with van der Waals surface area (Å²) in [6, 6.07) is 13.1. The van der Waals surface area contributed by atoms with Gasteiger partial charge >= 0.3 is 5.97 Å². The fourth-order valence-corrected chi connectivity index (χ4v) is 1.49. The van der Waals surface area contributed by atoms with Crippen LogP contribution in [0, 0.1) is 5.82 Å². The van der Waals surface area contributed by atoms with E-state index in [-0.39, 0.29) is 5.75 Å². The van der Waals surface area contributed by atoms with E-state index in [0.29, 0.717) is 11.3 Å². The number of ether oxygens (including phenoxy) is 1. The van der Waals surface area contributed by atoms with E-state index in [1.54, 1.807) is 30.3 Å². The van der Waals surface area contributed by atoms with Crippen LogP contribution in [0.1, 0.15) is 5.56 Å². The molecule has 0 radical (unpaired) electrons. The Morgan fingerprint density at radius 3 is 2.53 bits per heavy atom. The normalized spacial score (nSPS) is 10.6. The Balaban J connectivity index is 2.18. The quantitative estimate of drug-likeness (QED) is 0.850. The molecular formula is C15H11FO3. The predicted octanol–water partition coefficient (Wildman–Crippen LogP) is 3.72. The van der Waals surface area contributed by atoms with E-state index < -0.39 is 11.8 Å². The molecule has 0 spiro atoms. The first-order valence-electron chi connectivity index (χ1n) is 5.58. The molecule has 0 heterocycles. The fraction of sp³-hybridized carbons (Fsp3) is 0. The number of hydrogen-bond donors (Lipinski definition) is 1. The van der Waals surface area contributed by atoms with Crippen molar-refractivity contribution < 1.29 is 19.0 Å². The van der Waals surface area contributed by atoms with Crippen molar-refractivity contribution >= 4 is 12.0 Å². The Kier molecular flexibility index (Phi) is 3.93. The zero-order valence-electron chi connectivity index (χ0n) is 9.92. The molecule has 0 saturated carbocycles. The van der Waals surface area contributed by atoms with E-state index in [9.17, 15) is 9.18 Å². The maximum atomic E-state index is 13.8. The molecular weight excluding hydrogens is 247 g/mol. The molecule has 0 unspecified atom stereocenters. The lowest BCUT2D eigenvalue weighted by atomic mass is 10.2. The summed E-state index contributed by atoms with van der Waals surface area (Å²) in [6.07, 6.45) is 2.27. The molecule has 2 aromatic rings. The fourth-order valence-electron chi connectivity index (χ4n) is 1.49. The molecule has 19 heavy (non-hydrogen) atoms. The molecule has 1 N–H and O–H groups in total. The third kappa shape index (κ3) is 3.67. The van der Waals surface area contributed by atoms with Crippen molar-refractivity contribution in [2.75, 3.05) is 0 Å². The molecule has 2 rings (SSSR count). The number of benzene rings is 2. The molecule has 96 valence electrons. The second-order valence-electron chi connectivity index (χ2n) is 3.78. The van der Waals surface area contributed by atoms with Crippen LogP contribution >= 0.6 is 0 Å². The minimum atomic E-state index is -1.08. The summed E-state index contributed by atoms with van der Waals surface area (Å²) < 4.78 is 19.1. The van der Waals surface area contributed by atoms with Crippen molar-refractivity contribution in [3.05, 3.63) is 66.0 Å². The molecule has 0 fully saturated rings. The average Bonchev–Trinajstić information content (AvgIpc) is 2.40. The first-order chi connectivity index (χ1) is 9.15. The van der Waals surface area contributed by atoms with Crippen molar-refractivity contribution in [2.45, 2.75) is 0 Å². The smallest absolute Gasteiger partial charge is 0.328 e. The first-order valence-corrected chi connectivity index (χ1v) is 5.58. The highest BCUT2D eigenvalue weighted by Gasteiger charge is 2.05. The lowest BCUT2D eigenvalue weighted by molar-refractivity contribution is -0.131. The summed E-state index contributed by atoms with van der Waals surface area (Å²) in [7, 11) is 0. The molecule has 3 nitrogen and oxygen atoms in total. The number of carboxylic acids is 1. The van der Waals surface area contributed by atoms with Gasteiger partial charge < -0.3 is 9.84 Å². The summed E-state index contributed by atoms with van der Waals surface area (Å²) in [5.74, 6) is -0.990. The Hall–Kier alpha value is -2.62. The standard InChI is InChI=1S/C15H11FO3/c16-13-10-11(7-9-15(17)18)6-8-14(13)19-12-4-2-1-3-5-12/h1-10H,(H,17,18)/b9-7+. The molecule has 0 amide bonds. The van der Waals surface area contributed by atoms with E-state index in [1.807, 2.05) is 6.07 Å². The van der Waals surface area contributed by atoms with Gasteiger partial charge in [0.15, 0.2) is 11.6 Å². The molecule has 0 aliphatic carbocycles. The van der Waals surface area contributed by atoms with Crippen LogP contribution in [0.4, 0.5) is 4.39 Å². The van der Waals surface area contributed by atoms with Crippen LogP contribution in [0.2, 0.25) is 0 Å². The molecule has 0 aromatic heterocycles. The van der Waals surface area contributed by atoms with Gasteiger partial charge in [-0.3, -0.25) is 0 Å². The Bertz CT molecular complexity index is 606. The van der Waals surface area contributed by atoms with Gasteiger partial charge in [0.1, 0.15) is 5.75 Å². The summed E-state index contributed by atoms with van der Waals surface area (Å²) >= 11 is 0. The maximum absolute atomic E-state index is 13.8. The van der Waals surface area contributed by atoms with E-state index in [0.717, 1.165) is 6.08 Å². The topological polar surface area (TPSA) is 46.5 Å². The van der Waals surface area contributed by atoms with Gasteiger partial charge in [-0.25, -0.2) is 9.18 Å². The van der Waals surface area contributed by atoms with Crippen LogP contribution in [0.15, 0.2) is 54.6 Å². The minimum absolute atomic E-state index is 0.0960. The lowest BCUT2D eigenvalue weighted by Gasteiger charge is -2.06. The number of hydrogen-bond acceptors (Lipinski definition) is 2. The van der Waals surface area contributed by atoms with Gasteiger partial charge in [0.05, 0.1) is 0 Å². The number of rotatable bonds is 4.